The monoisotopic (exact) mass is 244 g/mol. The Morgan fingerprint density at radius 2 is 1.14 bits per heavy atom. The lowest BCUT2D eigenvalue weighted by molar-refractivity contribution is 0.0226. The van der Waals surface area contributed by atoms with E-state index in [0.717, 1.165) is 0 Å². The summed E-state index contributed by atoms with van der Waals surface area (Å²) in [4.78, 5) is 7.69. The summed E-state index contributed by atoms with van der Waals surface area (Å²) < 4.78 is 32.6. The normalized spacial score (nSPS) is 10.1. The van der Waals surface area contributed by atoms with Gasteiger partial charge in [-0.05, 0) is 0 Å². The van der Waals surface area contributed by atoms with Gasteiger partial charge in [0.2, 0.25) is 0 Å². The van der Waals surface area contributed by atoms with Crippen LogP contribution in [0.15, 0.2) is 0 Å². The highest BCUT2D eigenvalue weighted by atomic mass is 28.4. The minimum Gasteiger partial charge on any atom is -0.511 e. The van der Waals surface area contributed by atoms with E-state index < -0.39 is 18.2 Å². The highest BCUT2D eigenvalue weighted by Gasteiger charge is 2.40. The van der Waals surface area contributed by atoms with Crippen molar-refractivity contribution in [2.45, 2.75) is 0 Å². The summed E-state index contributed by atoms with van der Waals surface area (Å²) in [5.74, 6) is 0. The first-order chi connectivity index (χ1) is 6.51. The van der Waals surface area contributed by atoms with Crippen LogP contribution in [-0.2, 0) is 26.6 Å². The lowest BCUT2D eigenvalue weighted by atomic mass is 11.8. The molecule has 0 heterocycles. The summed E-state index contributed by atoms with van der Waals surface area (Å²) in [6.45, 7) is 0. The van der Waals surface area contributed by atoms with Gasteiger partial charge in [0.05, 0.1) is 7.11 Å². The third-order valence-electron chi connectivity index (χ3n) is 1.17. The highest BCUT2D eigenvalue weighted by molar-refractivity contribution is 6.53. The molecule has 14 heavy (non-hydrogen) atoms. The van der Waals surface area contributed by atoms with Crippen molar-refractivity contribution in [2.75, 3.05) is 35.5 Å². The molecule has 0 aliphatic rings. The van der Waals surface area contributed by atoms with Crippen LogP contribution in [0.5, 0.6) is 0 Å². The average molecular weight is 244 g/mol. The molecule has 86 valence electrons. The molecule has 0 rings (SSSR count). The molecule has 0 amide bonds. The van der Waals surface area contributed by atoms with Gasteiger partial charge in [-0.3, -0.25) is 4.46 Å². The van der Waals surface area contributed by atoms with Gasteiger partial charge in [-0.25, -0.2) is 0 Å². The lowest BCUT2D eigenvalue weighted by Crippen LogP contribution is -2.45. The zero-order valence-corrected chi connectivity index (χ0v) is 10.9. The van der Waals surface area contributed by atoms with E-state index in [2.05, 4.69) is 4.43 Å². The molecule has 0 bridgehead atoms. The molecule has 0 aromatic rings. The predicted molar refractivity (Wildman–Crippen MR) is 49.5 cm³/mol. The van der Waals surface area contributed by atoms with Crippen LogP contribution < -0.4 is 0 Å². The zero-order chi connectivity index (χ0) is 11.6. The van der Waals surface area contributed by atoms with E-state index >= 15 is 0 Å². The Labute approximate surface area is 85.9 Å². The van der Waals surface area contributed by atoms with E-state index in [-0.39, 0.29) is 0 Å². The van der Waals surface area contributed by atoms with E-state index in [9.17, 15) is 4.46 Å². The Kier molecular flexibility index (Phi) is 10.6. The first-order valence-electron chi connectivity index (χ1n) is 3.49. The standard InChI is InChI=1S/C4H12O4Si.CH4O3Si/c1-5-9(6-2,7-3)8-4;1-4-5(2)3/h1-4H3;2H,1H3. The molecule has 0 saturated carbocycles. The third-order valence-corrected chi connectivity index (χ3v) is 3.52. The van der Waals surface area contributed by atoms with Crippen LogP contribution in [0.25, 0.3) is 0 Å². The van der Waals surface area contributed by atoms with Crippen LogP contribution in [0.4, 0.5) is 0 Å². The van der Waals surface area contributed by atoms with Gasteiger partial charge >= 0.3 is 18.2 Å². The van der Waals surface area contributed by atoms with E-state index in [4.69, 9.17) is 22.5 Å². The van der Waals surface area contributed by atoms with Gasteiger partial charge in [0.25, 0.3) is 0 Å². The molecule has 0 aliphatic carbocycles. The molecule has 1 N–H and O–H groups in total. The fourth-order valence-electron chi connectivity index (χ4n) is 0.500. The third kappa shape index (κ3) is 7.11. The molecule has 0 saturated heterocycles. The largest absolute Gasteiger partial charge is 0.764 e. The average Bonchev–Trinajstić information content (AvgIpc) is 2.23. The van der Waals surface area contributed by atoms with Gasteiger partial charge in [-0.2, -0.15) is 0 Å². The summed E-state index contributed by atoms with van der Waals surface area (Å²) in [6.07, 6.45) is 0. The second kappa shape index (κ2) is 9.24. The van der Waals surface area contributed by atoms with Gasteiger partial charge in [0.1, 0.15) is 0 Å². The second-order valence-electron chi connectivity index (χ2n) is 1.79. The van der Waals surface area contributed by atoms with Crippen LogP contribution in [0.2, 0.25) is 0 Å². The summed E-state index contributed by atoms with van der Waals surface area (Å²) in [5.41, 5.74) is 0. The molecular weight excluding hydrogens is 228 g/mol. The Bertz CT molecular complexity index is 132. The SMILES string of the molecule is CO[Si](=O)O.CO[Si](OC)(OC)OC. The molecule has 0 aromatic heterocycles. The van der Waals surface area contributed by atoms with Crippen molar-refractivity contribution in [3.63, 3.8) is 0 Å². The minimum absolute atomic E-state index is 1.18. The Hall–Kier alpha value is -0.326. The first-order valence-corrected chi connectivity index (χ1v) is 6.39. The lowest BCUT2D eigenvalue weighted by Gasteiger charge is -2.19. The van der Waals surface area contributed by atoms with Crippen LogP contribution in [0.3, 0.4) is 0 Å². The molecule has 0 spiro atoms. The van der Waals surface area contributed by atoms with Crippen molar-refractivity contribution in [2.24, 2.45) is 0 Å². The predicted octanol–water partition coefficient (Wildman–Crippen LogP) is -0.952. The van der Waals surface area contributed by atoms with Gasteiger partial charge in [-0.15, -0.1) is 0 Å². The molecule has 0 aliphatic heterocycles. The molecule has 0 unspecified atom stereocenters. The first kappa shape index (κ1) is 16.1. The van der Waals surface area contributed by atoms with Gasteiger partial charge < -0.3 is 26.9 Å². The Morgan fingerprint density at radius 1 is 0.929 bits per heavy atom. The zero-order valence-electron chi connectivity index (χ0n) is 8.90. The van der Waals surface area contributed by atoms with Crippen LogP contribution in [0.1, 0.15) is 0 Å². The van der Waals surface area contributed by atoms with Gasteiger partial charge in [0.15, 0.2) is 0 Å². The smallest absolute Gasteiger partial charge is 0.511 e. The Morgan fingerprint density at radius 3 is 1.14 bits per heavy atom. The Balaban J connectivity index is 0. The van der Waals surface area contributed by atoms with Crippen LogP contribution in [0, 0.1) is 0 Å². The van der Waals surface area contributed by atoms with Gasteiger partial charge in [-0.1, -0.05) is 0 Å². The van der Waals surface area contributed by atoms with Gasteiger partial charge in [0, 0.05) is 28.4 Å². The minimum atomic E-state index is -2.69. The van der Waals surface area contributed by atoms with E-state index in [0.29, 0.717) is 0 Å². The summed E-state index contributed by atoms with van der Waals surface area (Å²) in [5, 5.41) is 0. The van der Waals surface area contributed by atoms with E-state index in [1.54, 1.807) is 0 Å². The van der Waals surface area contributed by atoms with Crippen molar-refractivity contribution >= 4 is 18.2 Å². The fourth-order valence-corrected chi connectivity index (χ4v) is 1.50. The maximum absolute atomic E-state index is 9.33. The van der Waals surface area contributed by atoms with Crippen molar-refractivity contribution in [3.05, 3.63) is 0 Å². The van der Waals surface area contributed by atoms with Crippen LogP contribution >= 0.6 is 0 Å². The molecule has 0 radical (unpaired) electrons. The van der Waals surface area contributed by atoms with Crippen molar-refractivity contribution in [1.29, 1.82) is 0 Å². The summed E-state index contributed by atoms with van der Waals surface area (Å²) in [6, 6.07) is 0. The van der Waals surface area contributed by atoms with Crippen LogP contribution in [-0.4, -0.2) is 58.6 Å². The summed E-state index contributed by atoms with van der Waals surface area (Å²) >= 11 is 0. The highest BCUT2D eigenvalue weighted by Crippen LogP contribution is 2.04. The number of hydrogen-bond acceptors (Lipinski definition) is 6. The number of hydrogen-bond donors (Lipinski definition) is 1. The van der Waals surface area contributed by atoms with Crippen molar-refractivity contribution < 1.29 is 31.4 Å². The van der Waals surface area contributed by atoms with Crippen molar-refractivity contribution in [3.8, 4) is 0 Å². The fraction of sp³-hybridized carbons (Fsp3) is 1.00. The maximum Gasteiger partial charge on any atom is 0.764 e. The van der Waals surface area contributed by atoms with Crippen molar-refractivity contribution in [1.82, 2.24) is 0 Å². The summed E-state index contributed by atoms with van der Waals surface area (Å²) in [7, 11) is 1.82. The molecule has 7 nitrogen and oxygen atoms in total. The maximum atomic E-state index is 9.33. The molecule has 0 aromatic carbocycles. The molecular formula is C5H16O7Si2. The topological polar surface area (TPSA) is 83.5 Å². The van der Waals surface area contributed by atoms with E-state index in [1.165, 1.54) is 35.5 Å². The molecule has 0 atom stereocenters. The quantitative estimate of drug-likeness (QED) is 0.624. The number of rotatable bonds is 5. The van der Waals surface area contributed by atoms with E-state index in [1.807, 2.05) is 0 Å². The second-order valence-corrected chi connectivity index (χ2v) is 5.36. The molecule has 0 fully saturated rings. The molecule has 9 heteroatoms.